The minimum absolute atomic E-state index is 0.455. The Labute approximate surface area is 167 Å². The number of aryl methyl sites for hydroxylation is 1. The zero-order valence-electron chi connectivity index (χ0n) is 15.2. The Morgan fingerprint density at radius 3 is 2.67 bits per heavy atom. The van der Waals surface area contributed by atoms with E-state index in [1.54, 1.807) is 6.20 Å². The van der Waals surface area contributed by atoms with Crippen molar-refractivity contribution in [3.8, 4) is 11.3 Å². The first kappa shape index (κ1) is 17.9. The van der Waals surface area contributed by atoms with Crippen molar-refractivity contribution in [3.05, 3.63) is 58.8 Å². The minimum atomic E-state index is 0.455. The van der Waals surface area contributed by atoms with Crippen LogP contribution in [0.5, 0.6) is 0 Å². The zero-order valence-corrected chi connectivity index (χ0v) is 16.8. The van der Waals surface area contributed by atoms with E-state index in [4.69, 9.17) is 9.97 Å². The van der Waals surface area contributed by atoms with Gasteiger partial charge in [0.25, 0.3) is 0 Å². The normalized spacial score (nSPS) is 14.3. The molecule has 0 saturated heterocycles. The molecule has 5 nitrogen and oxygen atoms in total. The van der Waals surface area contributed by atoms with E-state index in [2.05, 4.69) is 44.5 Å². The van der Waals surface area contributed by atoms with Crippen molar-refractivity contribution in [2.24, 2.45) is 0 Å². The summed E-state index contributed by atoms with van der Waals surface area (Å²) >= 11 is 3.55. The van der Waals surface area contributed by atoms with Gasteiger partial charge in [-0.05, 0) is 55.7 Å². The number of anilines is 3. The first-order chi connectivity index (χ1) is 13.2. The number of benzene rings is 1. The summed E-state index contributed by atoms with van der Waals surface area (Å²) in [5.41, 5.74) is 4.00. The van der Waals surface area contributed by atoms with Crippen LogP contribution in [0.4, 0.5) is 17.5 Å². The number of halogens is 1. The Kier molecular flexibility index (Phi) is 5.34. The van der Waals surface area contributed by atoms with Gasteiger partial charge in [-0.15, -0.1) is 0 Å². The summed E-state index contributed by atoms with van der Waals surface area (Å²) in [4.78, 5) is 13.7. The number of nitrogens with zero attached hydrogens (tertiary/aromatic N) is 3. The van der Waals surface area contributed by atoms with Crippen LogP contribution in [0.15, 0.2) is 53.3 Å². The smallest absolute Gasteiger partial charge is 0.225 e. The van der Waals surface area contributed by atoms with Crippen LogP contribution in [0, 0.1) is 6.92 Å². The van der Waals surface area contributed by atoms with Gasteiger partial charge in [-0.2, -0.15) is 4.98 Å². The molecule has 1 fully saturated rings. The highest BCUT2D eigenvalue weighted by atomic mass is 79.9. The Balaban J connectivity index is 1.67. The van der Waals surface area contributed by atoms with Gasteiger partial charge >= 0.3 is 0 Å². The van der Waals surface area contributed by atoms with E-state index in [-0.39, 0.29) is 0 Å². The van der Waals surface area contributed by atoms with E-state index in [1.807, 2.05) is 36.5 Å². The number of rotatable bonds is 5. The van der Waals surface area contributed by atoms with Crippen molar-refractivity contribution in [3.63, 3.8) is 0 Å². The van der Waals surface area contributed by atoms with E-state index >= 15 is 0 Å². The van der Waals surface area contributed by atoms with Crippen molar-refractivity contribution in [2.45, 2.75) is 38.6 Å². The van der Waals surface area contributed by atoms with Gasteiger partial charge in [-0.25, -0.2) is 4.98 Å². The Morgan fingerprint density at radius 2 is 1.93 bits per heavy atom. The summed E-state index contributed by atoms with van der Waals surface area (Å²) in [5.74, 6) is 1.44. The van der Waals surface area contributed by atoms with Gasteiger partial charge in [0.2, 0.25) is 5.95 Å². The average Bonchev–Trinajstić information content (AvgIpc) is 3.18. The second-order valence-electron chi connectivity index (χ2n) is 6.92. The fourth-order valence-corrected chi connectivity index (χ4v) is 3.61. The third-order valence-electron chi connectivity index (χ3n) is 4.80. The van der Waals surface area contributed by atoms with E-state index in [0.29, 0.717) is 12.0 Å². The molecule has 0 bridgehead atoms. The first-order valence-electron chi connectivity index (χ1n) is 9.26. The molecule has 2 N–H and O–H groups in total. The van der Waals surface area contributed by atoms with Crippen LogP contribution in [-0.2, 0) is 0 Å². The highest BCUT2D eigenvalue weighted by molar-refractivity contribution is 9.10. The van der Waals surface area contributed by atoms with Crippen LogP contribution >= 0.6 is 15.9 Å². The SMILES string of the molecule is Cc1cc(Nc2cc(-c3cccnc3)nc(NC3CCCC3)n2)ccc1Br. The van der Waals surface area contributed by atoms with E-state index in [0.717, 1.165) is 27.2 Å². The predicted octanol–water partition coefficient (Wildman–Crippen LogP) is 5.71. The van der Waals surface area contributed by atoms with Gasteiger partial charge in [0, 0.05) is 40.2 Å². The quantitative estimate of drug-likeness (QED) is 0.550. The Bertz CT molecular complexity index is 923. The maximum Gasteiger partial charge on any atom is 0.225 e. The fraction of sp³-hybridized carbons (Fsp3) is 0.286. The topological polar surface area (TPSA) is 62.7 Å². The number of hydrogen-bond donors (Lipinski definition) is 2. The molecule has 2 heterocycles. The molecule has 6 heteroatoms. The molecule has 27 heavy (non-hydrogen) atoms. The number of hydrogen-bond acceptors (Lipinski definition) is 5. The molecular formula is C21H22BrN5. The third kappa shape index (κ3) is 4.45. The maximum absolute atomic E-state index is 4.73. The molecule has 4 rings (SSSR count). The second kappa shape index (κ2) is 8.05. The van der Waals surface area contributed by atoms with Gasteiger partial charge in [0.1, 0.15) is 5.82 Å². The fourth-order valence-electron chi connectivity index (χ4n) is 3.36. The minimum Gasteiger partial charge on any atom is -0.351 e. The average molecular weight is 424 g/mol. The number of pyridine rings is 1. The molecule has 0 atom stereocenters. The Hall–Kier alpha value is -2.47. The van der Waals surface area contributed by atoms with Crippen LogP contribution < -0.4 is 10.6 Å². The van der Waals surface area contributed by atoms with E-state index < -0.39 is 0 Å². The highest BCUT2D eigenvalue weighted by Gasteiger charge is 2.17. The largest absolute Gasteiger partial charge is 0.351 e. The van der Waals surface area contributed by atoms with Gasteiger partial charge in [-0.1, -0.05) is 28.8 Å². The summed E-state index contributed by atoms with van der Waals surface area (Å²) in [6.45, 7) is 2.07. The summed E-state index contributed by atoms with van der Waals surface area (Å²) in [5, 5.41) is 6.92. The molecule has 3 aromatic rings. The van der Waals surface area contributed by atoms with Crippen molar-refractivity contribution in [1.29, 1.82) is 0 Å². The number of nitrogens with one attached hydrogen (secondary N) is 2. The second-order valence-corrected chi connectivity index (χ2v) is 7.77. The molecule has 2 aromatic heterocycles. The monoisotopic (exact) mass is 423 g/mol. The molecule has 0 unspecified atom stereocenters. The molecule has 1 aliphatic carbocycles. The molecule has 1 aliphatic rings. The molecule has 138 valence electrons. The summed E-state index contributed by atoms with van der Waals surface area (Å²) in [6.07, 6.45) is 8.48. The van der Waals surface area contributed by atoms with Gasteiger partial charge < -0.3 is 10.6 Å². The molecular weight excluding hydrogens is 402 g/mol. The summed E-state index contributed by atoms with van der Waals surface area (Å²) in [6, 6.07) is 12.5. The van der Waals surface area contributed by atoms with Crippen molar-refractivity contribution < 1.29 is 0 Å². The molecule has 0 spiro atoms. The van der Waals surface area contributed by atoms with Gasteiger partial charge in [-0.3, -0.25) is 4.98 Å². The van der Waals surface area contributed by atoms with Crippen LogP contribution in [-0.4, -0.2) is 21.0 Å². The van der Waals surface area contributed by atoms with E-state index in [9.17, 15) is 0 Å². The molecule has 0 amide bonds. The lowest BCUT2D eigenvalue weighted by molar-refractivity contribution is 0.744. The molecule has 1 aromatic carbocycles. The molecule has 0 aliphatic heterocycles. The summed E-state index contributed by atoms with van der Waals surface area (Å²) in [7, 11) is 0. The zero-order chi connectivity index (χ0) is 18.6. The van der Waals surface area contributed by atoms with Crippen molar-refractivity contribution in [1.82, 2.24) is 15.0 Å². The number of aromatic nitrogens is 3. The van der Waals surface area contributed by atoms with Crippen LogP contribution in [0.2, 0.25) is 0 Å². The highest BCUT2D eigenvalue weighted by Crippen LogP contribution is 2.27. The molecule has 0 radical (unpaired) electrons. The molecule has 1 saturated carbocycles. The van der Waals surface area contributed by atoms with Crippen molar-refractivity contribution >= 4 is 33.4 Å². The van der Waals surface area contributed by atoms with Crippen LogP contribution in [0.3, 0.4) is 0 Å². The van der Waals surface area contributed by atoms with Crippen LogP contribution in [0.25, 0.3) is 11.3 Å². The van der Waals surface area contributed by atoms with Gasteiger partial charge in [0.15, 0.2) is 0 Å². The predicted molar refractivity (Wildman–Crippen MR) is 113 cm³/mol. The standard InChI is InChI=1S/C21H22BrN5/c1-14-11-17(8-9-18(14)22)24-20-12-19(15-5-4-10-23-13-15)26-21(27-20)25-16-6-2-3-7-16/h4-5,8-13,16H,2-3,6-7H2,1H3,(H2,24,25,26,27). The maximum atomic E-state index is 4.73. The van der Waals surface area contributed by atoms with Gasteiger partial charge in [0.05, 0.1) is 5.69 Å². The lowest BCUT2D eigenvalue weighted by atomic mass is 10.2. The van der Waals surface area contributed by atoms with Crippen LogP contribution in [0.1, 0.15) is 31.2 Å². The Morgan fingerprint density at radius 1 is 1.07 bits per heavy atom. The van der Waals surface area contributed by atoms with E-state index in [1.165, 1.54) is 31.2 Å². The van der Waals surface area contributed by atoms with Crippen molar-refractivity contribution in [2.75, 3.05) is 10.6 Å². The summed E-state index contributed by atoms with van der Waals surface area (Å²) < 4.78 is 1.09. The lowest BCUT2D eigenvalue weighted by Gasteiger charge is -2.15. The first-order valence-corrected chi connectivity index (χ1v) is 10.1. The third-order valence-corrected chi connectivity index (χ3v) is 5.69. The lowest BCUT2D eigenvalue weighted by Crippen LogP contribution is -2.17.